The normalized spacial score (nSPS) is 13.6. The predicted molar refractivity (Wildman–Crippen MR) is 59.2 cm³/mol. The molecule has 2 N–H and O–H groups in total. The predicted octanol–water partition coefficient (Wildman–Crippen LogP) is 0.900. The molecule has 0 aromatic carbocycles. The summed E-state index contributed by atoms with van der Waals surface area (Å²) in [5.74, 6) is 0.165. The first-order valence-corrected chi connectivity index (χ1v) is 4.88. The number of hydrogen-bond acceptors (Lipinski definition) is 5. The van der Waals surface area contributed by atoms with Crippen molar-refractivity contribution in [2.45, 2.75) is 32.4 Å². The topological polar surface area (TPSA) is 93.2 Å². The van der Waals surface area contributed by atoms with Gasteiger partial charge in [0.25, 0.3) is 0 Å². The summed E-state index contributed by atoms with van der Waals surface area (Å²) in [5.41, 5.74) is -0.782. The van der Waals surface area contributed by atoms with E-state index >= 15 is 0 Å². The number of aromatic nitrogens is 2. The van der Waals surface area contributed by atoms with Gasteiger partial charge in [-0.25, -0.2) is 0 Å². The molecule has 1 aromatic rings. The summed E-state index contributed by atoms with van der Waals surface area (Å²) in [6.07, 6.45) is 0.662. The summed E-state index contributed by atoms with van der Waals surface area (Å²) < 4.78 is 1.36. The molecule has 7 nitrogen and oxygen atoms in total. The third-order valence-corrected chi connectivity index (χ3v) is 2.49. The van der Waals surface area contributed by atoms with Gasteiger partial charge in [0, 0.05) is 7.05 Å². The lowest BCUT2D eigenvalue weighted by molar-refractivity contribution is -0.384. The van der Waals surface area contributed by atoms with Crippen LogP contribution in [0.5, 0.6) is 0 Å². The fourth-order valence-corrected chi connectivity index (χ4v) is 1.11. The average molecular weight is 228 g/mol. The van der Waals surface area contributed by atoms with Gasteiger partial charge in [-0.15, -0.1) is 5.10 Å². The van der Waals surface area contributed by atoms with Crippen LogP contribution < -0.4 is 5.32 Å². The summed E-state index contributed by atoms with van der Waals surface area (Å²) >= 11 is 0. The number of aliphatic hydroxyl groups excluding tert-OH is 1. The minimum atomic E-state index is -0.681. The molecular weight excluding hydrogens is 212 g/mol. The van der Waals surface area contributed by atoms with Crippen LogP contribution in [0.3, 0.4) is 0 Å². The number of nitro groups is 1. The van der Waals surface area contributed by atoms with Crippen molar-refractivity contribution < 1.29 is 10.0 Å². The molecule has 1 unspecified atom stereocenters. The maximum Gasteiger partial charge on any atom is 0.330 e. The molecule has 0 saturated heterocycles. The molecule has 0 fully saturated rings. The minimum absolute atomic E-state index is 0.101. The van der Waals surface area contributed by atoms with E-state index in [1.807, 2.05) is 0 Å². The second kappa shape index (κ2) is 4.09. The van der Waals surface area contributed by atoms with Crippen molar-refractivity contribution in [1.29, 1.82) is 0 Å². The first kappa shape index (κ1) is 12.4. The molecule has 90 valence electrons. The molecule has 1 aromatic heterocycles. The third kappa shape index (κ3) is 2.48. The number of hydrogen-bond donors (Lipinski definition) is 2. The van der Waals surface area contributed by atoms with E-state index in [1.54, 1.807) is 27.8 Å². The second-order valence-corrected chi connectivity index (χ2v) is 4.32. The summed E-state index contributed by atoms with van der Waals surface area (Å²) in [4.78, 5) is 10.2. The largest absolute Gasteiger partial charge is 0.391 e. The van der Waals surface area contributed by atoms with Crippen LogP contribution >= 0.6 is 0 Å². The lowest BCUT2D eigenvalue weighted by atomic mass is 9.99. The quantitative estimate of drug-likeness (QED) is 0.590. The maximum atomic E-state index is 10.7. The van der Waals surface area contributed by atoms with Gasteiger partial charge in [-0.2, -0.15) is 0 Å². The Morgan fingerprint density at radius 1 is 1.69 bits per heavy atom. The van der Waals surface area contributed by atoms with Gasteiger partial charge in [0.2, 0.25) is 5.82 Å². The number of anilines is 1. The molecular formula is C9H16N4O3. The lowest BCUT2D eigenvalue weighted by Gasteiger charge is -2.28. The van der Waals surface area contributed by atoms with Crippen LogP contribution in [0.4, 0.5) is 11.5 Å². The molecule has 0 spiro atoms. The Morgan fingerprint density at radius 2 is 2.25 bits per heavy atom. The van der Waals surface area contributed by atoms with Gasteiger partial charge < -0.3 is 10.4 Å². The molecule has 1 atom stereocenters. The molecule has 1 rings (SSSR count). The molecule has 0 aliphatic heterocycles. The van der Waals surface area contributed by atoms with Gasteiger partial charge in [0.05, 0.1) is 16.6 Å². The summed E-state index contributed by atoms with van der Waals surface area (Å²) in [6.45, 7) is 5.11. The van der Waals surface area contributed by atoms with Crippen LogP contribution in [-0.2, 0) is 7.05 Å². The number of nitrogens with one attached hydrogen (secondary N) is 1. The number of rotatable bonds is 4. The smallest absolute Gasteiger partial charge is 0.330 e. The second-order valence-electron chi connectivity index (χ2n) is 4.32. The van der Waals surface area contributed by atoms with Gasteiger partial charge in [-0.3, -0.25) is 14.8 Å². The zero-order valence-corrected chi connectivity index (χ0v) is 9.76. The Morgan fingerprint density at radius 3 is 2.69 bits per heavy atom. The zero-order valence-electron chi connectivity index (χ0n) is 9.76. The van der Waals surface area contributed by atoms with Crippen LogP contribution in [0.25, 0.3) is 0 Å². The first-order chi connectivity index (χ1) is 7.24. The maximum absolute atomic E-state index is 10.7. The van der Waals surface area contributed by atoms with Crippen LogP contribution in [0, 0.1) is 10.1 Å². The van der Waals surface area contributed by atoms with Gasteiger partial charge in [-0.05, 0) is 20.8 Å². The Bertz CT molecular complexity index is 397. The number of aryl methyl sites for hydroxylation is 1. The first-order valence-electron chi connectivity index (χ1n) is 4.88. The highest BCUT2D eigenvalue weighted by Gasteiger charge is 2.29. The number of nitrogens with zero attached hydrogens (tertiary/aromatic N) is 3. The molecule has 0 saturated carbocycles. The highest BCUT2D eigenvalue weighted by molar-refractivity contribution is 5.56. The highest BCUT2D eigenvalue weighted by Crippen LogP contribution is 2.26. The molecule has 0 amide bonds. The van der Waals surface area contributed by atoms with Crippen LogP contribution in [0.15, 0.2) is 6.20 Å². The Hall–Kier alpha value is -1.63. The average Bonchev–Trinajstić information content (AvgIpc) is 2.45. The van der Waals surface area contributed by atoms with Crippen molar-refractivity contribution in [3.05, 3.63) is 16.3 Å². The van der Waals surface area contributed by atoms with Gasteiger partial charge in [0.1, 0.15) is 6.20 Å². The highest BCUT2D eigenvalue weighted by atomic mass is 16.6. The van der Waals surface area contributed by atoms with E-state index in [1.165, 1.54) is 10.9 Å². The van der Waals surface area contributed by atoms with Crippen molar-refractivity contribution in [3.63, 3.8) is 0 Å². The van der Waals surface area contributed by atoms with Gasteiger partial charge in [-0.1, -0.05) is 0 Å². The molecule has 0 radical (unpaired) electrons. The fraction of sp³-hybridized carbons (Fsp3) is 0.667. The van der Waals surface area contributed by atoms with Gasteiger partial charge in [0.15, 0.2) is 0 Å². The monoisotopic (exact) mass is 228 g/mol. The zero-order chi connectivity index (χ0) is 12.5. The summed E-state index contributed by atoms with van der Waals surface area (Å²) in [6, 6.07) is 0. The molecule has 0 aliphatic rings. The third-order valence-electron chi connectivity index (χ3n) is 2.49. The van der Waals surface area contributed by atoms with Crippen molar-refractivity contribution in [3.8, 4) is 0 Å². The summed E-state index contributed by atoms with van der Waals surface area (Å²) in [5, 5.41) is 27.1. The fourth-order valence-electron chi connectivity index (χ4n) is 1.11. The molecule has 1 heterocycles. The Labute approximate surface area is 93.2 Å². The molecule has 16 heavy (non-hydrogen) atoms. The van der Waals surface area contributed by atoms with Crippen LogP contribution in [-0.4, -0.2) is 31.5 Å². The van der Waals surface area contributed by atoms with E-state index in [2.05, 4.69) is 10.4 Å². The minimum Gasteiger partial charge on any atom is -0.391 e. The van der Waals surface area contributed by atoms with E-state index in [4.69, 9.17) is 0 Å². The molecule has 0 aliphatic carbocycles. The van der Waals surface area contributed by atoms with Crippen molar-refractivity contribution in [1.82, 2.24) is 9.78 Å². The Balaban J connectivity index is 3.01. The molecule has 7 heteroatoms. The molecule has 0 bridgehead atoms. The van der Waals surface area contributed by atoms with Crippen LogP contribution in [0.1, 0.15) is 20.8 Å². The van der Waals surface area contributed by atoms with E-state index in [9.17, 15) is 15.2 Å². The van der Waals surface area contributed by atoms with Crippen molar-refractivity contribution in [2.75, 3.05) is 5.32 Å². The van der Waals surface area contributed by atoms with E-state index in [-0.39, 0.29) is 11.5 Å². The lowest BCUT2D eigenvalue weighted by Crippen LogP contribution is -2.42. The van der Waals surface area contributed by atoms with E-state index in [0.29, 0.717) is 0 Å². The number of aliphatic hydroxyl groups is 1. The standard InChI is InChI=1S/C9H16N4O3/c1-6(14)9(2,3)10-8-7(13(15)16)5-12(4)11-8/h5-6,14H,1-4H3,(H,10,11). The van der Waals surface area contributed by atoms with Crippen molar-refractivity contribution >= 4 is 11.5 Å². The van der Waals surface area contributed by atoms with Crippen LogP contribution in [0.2, 0.25) is 0 Å². The van der Waals surface area contributed by atoms with E-state index < -0.39 is 16.6 Å². The SMILES string of the molecule is CC(O)C(C)(C)Nc1nn(C)cc1[N+](=O)[O-]. The van der Waals surface area contributed by atoms with E-state index in [0.717, 1.165) is 0 Å². The summed E-state index contributed by atoms with van der Waals surface area (Å²) in [7, 11) is 1.60. The van der Waals surface area contributed by atoms with Crippen molar-refractivity contribution in [2.24, 2.45) is 7.05 Å². The Kier molecular flexibility index (Phi) is 3.18. The van der Waals surface area contributed by atoms with Gasteiger partial charge >= 0.3 is 5.69 Å².